The molecule has 0 fully saturated rings. The van der Waals surface area contributed by atoms with Crippen molar-refractivity contribution in [3.05, 3.63) is 22.4 Å². The van der Waals surface area contributed by atoms with Crippen LogP contribution in [0.3, 0.4) is 0 Å². The molecule has 0 bridgehead atoms. The first kappa shape index (κ1) is 21.7. The number of hydrogen-bond acceptors (Lipinski definition) is 3. The van der Waals surface area contributed by atoms with E-state index in [9.17, 15) is 0 Å². The average Bonchev–Trinajstić information content (AvgIpc) is 3.01. The molecule has 0 aliphatic heterocycles. The molecule has 1 aromatic rings. The second kappa shape index (κ2) is 13.1. The smallest absolute Gasteiger partial charge is 0.191 e. The maximum atomic E-state index is 4.29. The highest BCUT2D eigenvalue weighted by atomic mass is 127. The number of aliphatic imine (C=N–C) groups is 1. The highest BCUT2D eigenvalue weighted by Crippen LogP contribution is 2.05. The van der Waals surface area contributed by atoms with Crippen LogP contribution >= 0.6 is 35.3 Å². The fourth-order valence-electron chi connectivity index (χ4n) is 2.24. The van der Waals surface area contributed by atoms with Crippen molar-refractivity contribution in [2.45, 2.75) is 46.2 Å². The van der Waals surface area contributed by atoms with Crippen LogP contribution in [0.4, 0.5) is 0 Å². The van der Waals surface area contributed by atoms with E-state index in [4.69, 9.17) is 0 Å². The quantitative estimate of drug-likeness (QED) is 0.352. The van der Waals surface area contributed by atoms with Gasteiger partial charge in [0.2, 0.25) is 0 Å². The Morgan fingerprint density at radius 1 is 1.36 bits per heavy atom. The van der Waals surface area contributed by atoms with Gasteiger partial charge < -0.3 is 15.5 Å². The summed E-state index contributed by atoms with van der Waals surface area (Å²) in [5, 5.41) is 11.1. The number of guanidine groups is 1. The molecular formula is C16H31IN4S. The number of halogens is 1. The van der Waals surface area contributed by atoms with Gasteiger partial charge in [-0.15, -0.1) is 24.0 Å². The van der Waals surface area contributed by atoms with Crippen LogP contribution < -0.4 is 10.6 Å². The van der Waals surface area contributed by atoms with E-state index < -0.39 is 0 Å². The minimum Gasteiger partial charge on any atom is -0.354 e. The zero-order valence-corrected chi connectivity index (χ0v) is 17.4. The van der Waals surface area contributed by atoms with Crippen LogP contribution in [0, 0.1) is 0 Å². The Labute approximate surface area is 156 Å². The van der Waals surface area contributed by atoms with Crippen LogP contribution in [0.2, 0.25) is 0 Å². The summed E-state index contributed by atoms with van der Waals surface area (Å²) in [5.41, 5.74) is 1.30. The van der Waals surface area contributed by atoms with Gasteiger partial charge >= 0.3 is 0 Å². The van der Waals surface area contributed by atoms with Crippen molar-refractivity contribution in [3.63, 3.8) is 0 Å². The molecule has 0 spiro atoms. The Morgan fingerprint density at radius 2 is 2.09 bits per heavy atom. The van der Waals surface area contributed by atoms with Gasteiger partial charge in [0.1, 0.15) is 0 Å². The van der Waals surface area contributed by atoms with E-state index in [-0.39, 0.29) is 24.0 Å². The molecule has 0 saturated carbocycles. The summed E-state index contributed by atoms with van der Waals surface area (Å²) in [6.45, 7) is 11.0. The molecule has 2 N–H and O–H groups in total. The molecule has 1 atom stereocenters. The van der Waals surface area contributed by atoms with Gasteiger partial charge in [-0.2, -0.15) is 11.3 Å². The van der Waals surface area contributed by atoms with Crippen molar-refractivity contribution in [1.29, 1.82) is 0 Å². The molecule has 22 heavy (non-hydrogen) atoms. The predicted molar refractivity (Wildman–Crippen MR) is 110 cm³/mol. The number of nitrogens with one attached hydrogen (secondary N) is 2. The molecule has 0 amide bonds. The normalized spacial score (nSPS) is 12.9. The first-order valence-corrected chi connectivity index (χ1v) is 8.84. The molecule has 0 saturated heterocycles. The third kappa shape index (κ3) is 8.95. The van der Waals surface area contributed by atoms with Crippen molar-refractivity contribution in [2.75, 3.05) is 26.7 Å². The molecule has 0 aliphatic rings. The van der Waals surface area contributed by atoms with Gasteiger partial charge in [-0.05, 0) is 61.8 Å². The Hall–Kier alpha value is -0.340. The summed E-state index contributed by atoms with van der Waals surface area (Å²) in [5.74, 6) is 0.886. The molecule has 0 aliphatic carbocycles. The summed E-state index contributed by atoms with van der Waals surface area (Å²) >= 11 is 1.73. The van der Waals surface area contributed by atoms with Gasteiger partial charge in [-0.1, -0.05) is 13.8 Å². The minimum absolute atomic E-state index is 0. The van der Waals surface area contributed by atoms with Gasteiger partial charge in [0.25, 0.3) is 0 Å². The second-order valence-corrected chi connectivity index (χ2v) is 6.05. The number of thiophene rings is 1. The SMILES string of the molecule is CCN(CC)CCCC(C)NC(=NC)NCc1ccsc1.I. The molecule has 128 valence electrons. The van der Waals surface area contributed by atoms with Gasteiger partial charge in [0, 0.05) is 19.6 Å². The average molecular weight is 438 g/mol. The molecule has 4 nitrogen and oxygen atoms in total. The standard InChI is InChI=1S/C16H30N4S.HI/c1-5-20(6-2)10-7-8-14(3)19-16(17-4)18-12-15-9-11-21-13-15;/h9,11,13-14H,5-8,10,12H2,1-4H3,(H2,17,18,19);1H. The molecule has 0 radical (unpaired) electrons. The van der Waals surface area contributed by atoms with E-state index in [0.717, 1.165) is 32.0 Å². The lowest BCUT2D eigenvalue weighted by Gasteiger charge is -2.21. The van der Waals surface area contributed by atoms with Crippen molar-refractivity contribution in [2.24, 2.45) is 4.99 Å². The van der Waals surface area contributed by atoms with E-state index in [1.54, 1.807) is 11.3 Å². The van der Waals surface area contributed by atoms with Gasteiger partial charge in [0.15, 0.2) is 5.96 Å². The zero-order valence-electron chi connectivity index (χ0n) is 14.3. The van der Waals surface area contributed by atoms with Crippen LogP contribution in [0.1, 0.15) is 39.2 Å². The maximum Gasteiger partial charge on any atom is 0.191 e. The molecule has 1 rings (SSSR count). The molecule has 6 heteroatoms. The predicted octanol–water partition coefficient (Wildman–Crippen LogP) is 3.54. The Balaban J connectivity index is 0.00000441. The van der Waals surface area contributed by atoms with Crippen LogP contribution in [0.25, 0.3) is 0 Å². The van der Waals surface area contributed by atoms with Gasteiger partial charge in [0.05, 0.1) is 0 Å². The van der Waals surface area contributed by atoms with E-state index in [1.807, 2.05) is 7.05 Å². The Bertz CT molecular complexity index is 391. The summed E-state index contributed by atoms with van der Waals surface area (Å²) in [7, 11) is 1.82. The van der Waals surface area contributed by atoms with E-state index >= 15 is 0 Å². The first-order chi connectivity index (χ1) is 10.2. The Morgan fingerprint density at radius 3 is 2.64 bits per heavy atom. The lowest BCUT2D eigenvalue weighted by molar-refractivity contribution is 0.292. The highest BCUT2D eigenvalue weighted by molar-refractivity contribution is 14.0. The lowest BCUT2D eigenvalue weighted by Crippen LogP contribution is -2.42. The molecule has 1 heterocycles. The molecule has 0 aromatic carbocycles. The number of rotatable bonds is 9. The maximum absolute atomic E-state index is 4.29. The largest absolute Gasteiger partial charge is 0.354 e. The molecule has 1 unspecified atom stereocenters. The second-order valence-electron chi connectivity index (χ2n) is 5.27. The summed E-state index contributed by atoms with van der Waals surface area (Å²) in [6, 6.07) is 2.58. The monoisotopic (exact) mass is 438 g/mol. The summed E-state index contributed by atoms with van der Waals surface area (Å²) < 4.78 is 0. The minimum atomic E-state index is 0. The number of hydrogen-bond donors (Lipinski definition) is 2. The van der Waals surface area contributed by atoms with Crippen LogP contribution in [0.5, 0.6) is 0 Å². The van der Waals surface area contributed by atoms with Crippen molar-refractivity contribution < 1.29 is 0 Å². The van der Waals surface area contributed by atoms with E-state index in [2.05, 4.69) is 58.1 Å². The van der Waals surface area contributed by atoms with Crippen molar-refractivity contribution in [1.82, 2.24) is 15.5 Å². The highest BCUT2D eigenvalue weighted by Gasteiger charge is 2.06. The fourth-order valence-corrected chi connectivity index (χ4v) is 2.91. The summed E-state index contributed by atoms with van der Waals surface area (Å²) in [6.07, 6.45) is 2.38. The lowest BCUT2D eigenvalue weighted by atomic mass is 10.2. The fraction of sp³-hybridized carbons (Fsp3) is 0.688. The van der Waals surface area contributed by atoms with Gasteiger partial charge in [-0.25, -0.2) is 0 Å². The van der Waals surface area contributed by atoms with Crippen LogP contribution in [0.15, 0.2) is 21.8 Å². The van der Waals surface area contributed by atoms with E-state index in [0.29, 0.717) is 6.04 Å². The Kier molecular flexibility index (Phi) is 12.9. The van der Waals surface area contributed by atoms with E-state index in [1.165, 1.54) is 18.5 Å². The van der Waals surface area contributed by atoms with Crippen molar-refractivity contribution in [3.8, 4) is 0 Å². The molecular weight excluding hydrogens is 407 g/mol. The number of nitrogens with zero attached hydrogens (tertiary/aromatic N) is 2. The first-order valence-electron chi connectivity index (χ1n) is 7.90. The third-order valence-electron chi connectivity index (χ3n) is 3.65. The topological polar surface area (TPSA) is 39.7 Å². The van der Waals surface area contributed by atoms with Gasteiger partial charge in [-0.3, -0.25) is 4.99 Å². The third-order valence-corrected chi connectivity index (χ3v) is 4.38. The van der Waals surface area contributed by atoms with Crippen LogP contribution in [-0.2, 0) is 6.54 Å². The van der Waals surface area contributed by atoms with Crippen molar-refractivity contribution >= 4 is 41.3 Å². The molecule has 1 aromatic heterocycles. The zero-order chi connectivity index (χ0) is 15.5. The van der Waals surface area contributed by atoms with Crippen LogP contribution in [-0.4, -0.2) is 43.6 Å². The summed E-state index contributed by atoms with van der Waals surface area (Å²) in [4.78, 5) is 6.76.